The summed E-state index contributed by atoms with van der Waals surface area (Å²) in [6.45, 7) is 2.28. The quantitative estimate of drug-likeness (QED) is 0.505. The van der Waals surface area contributed by atoms with Crippen LogP contribution in [0.5, 0.6) is 11.5 Å². The molecule has 1 saturated heterocycles. The number of amides is 1. The first-order valence-electron chi connectivity index (χ1n) is 9.11. The summed E-state index contributed by atoms with van der Waals surface area (Å²) in [7, 11) is 3.16. The number of methoxy groups -OCH3 is 2. The third-order valence-corrected chi connectivity index (χ3v) is 5.76. The molecule has 0 aromatic heterocycles. The van der Waals surface area contributed by atoms with Gasteiger partial charge in [0.15, 0.2) is 5.17 Å². The van der Waals surface area contributed by atoms with Crippen LogP contribution in [0.3, 0.4) is 0 Å². The summed E-state index contributed by atoms with van der Waals surface area (Å²) in [4.78, 5) is 14.3. The van der Waals surface area contributed by atoms with E-state index in [1.165, 1.54) is 23.9 Å². The molecule has 8 heteroatoms. The van der Waals surface area contributed by atoms with Crippen LogP contribution in [0.2, 0.25) is 0 Å². The monoisotopic (exact) mass is 415 g/mol. The molecule has 0 spiro atoms. The minimum Gasteiger partial charge on any atom is -0.497 e. The van der Waals surface area contributed by atoms with Crippen molar-refractivity contribution in [3.63, 3.8) is 0 Å². The molecule has 0 N–H and O–H groups in total. The van der Waals surface area contributed by atoms with Gasteiger partial charge >= 0.3 is 0 Å². The fraction of sp³-hybridized carbons (Fsp3) is 0.286. The molecule has 1 atom stereocenters. The molecule has 29 heavy (non-hydrogen) atoms. The Bertz CT molecular complexity index is 931. The van der Waals surface area contributed by atoms with Gasteiger partial charge in [-0.25, -0.2) is 4.39 Å². The van der Waals surface area contributed by atoms with Crippen LogP contribution in [0.25, 0.3) is 0 Å². The SMILES string of the molecule is CCC1S/C(=N\N=C\c2ccc(OC)cc2OC)N(Cc2ccc(F)cc2)C1=O. The molecule has 2 aromatic rings. The highest BCUT2D eigenvalue weighted by molar-refractivity contribution is 8.15. The number of carbonyl (C=O) groups excluding carboxylic acids is 1. The van der Waals surface area contributed by atoms with Crippen molar-refractivity contribution in [3.05, 3.63) is 59.4 Å². The molecule has 1 aliphatic rings. The highest BCUT2D eigenvalue weighted by Gasteiger charge is 2.36. The van der Waals surface area contributed by atoms with Crippen LogP contribution in [0, 0.1) is 5.82 Å². The zero-order valence-electron chi connectivity index (χ0n) is 16.5. The van der Waals surface area contributed by atoms with Crippen molar-refractivity contribution in [1.29, 1.82) is 0 Å². The summed E-state index contributed by atoms with van der Waals surface area (Å²) in [5, 5.41) is 8.77. The van der Waals surface area contributed by atoms with Gasteiger partial charge < -0.3 is 9.47 Å². The maximum atomic E-state index is 13.2. The summed E-state index contributed by atoms with van der Waals surface area (Å²) in [5.41, 5.74) is 1.56. The number of halogens is 1. The first kappa shape index (κ1) is 20.9. The number of carbonyl (C=O) groups is 1. The maximum Gasteiger partial charge on any atom is 0.242 e. The third kappa shape index (κ3) is 4.95. The molecule has 3 rings (SSSR count). The lowest BCUT2D eigenvalue weighted by Gasteiger charge is -2.15. The van der Waals surface area contributed by atoms with Crippen LogP contribution in [0.4, 0.5) is 4.39 Å². The molecule has 0 radical (unpaired) electrons. The first-order valence-corrected chi connectivity index (χ1v) is 9.99. The van der Waals surface area contributed by atoms with Crippen molar-refractivity contribution < 1.29 is 18.7 Å². The number of thioether (sulfide) groups is 1. The number of amidine groups is 1. The average molecular weight is 415 g/mol. The molecule has 1 fully saturated rings. The lowest BCUT2D eigenvalue weighted by molar-refractivity contribution is -0.126. The second-order valence-corrected chi connectivity index (χ2v) is 7.47. The predicted molar refractivity (Wildman–Crippen MR) is 113 cm³/mol. The summed E-state index contributed by atoms with van der Waals surface area (Å²) in [5.74, 6) is 0.962. The molecule has 1 unspecified atom stereocenters. The molecular formula is C21H22FN3O3S. The second kappa shape index (κ2) is 9.56. The standard InChI is InChI=1S/C21H22FN3O3S/c1-4-19-20(26)25(13-14-5-8-16(22)9-6-14)21(29-19)24-23-12-15-7-10-17(27-2)11-18(15)28-3/h5-12,19H,4,13H2,1-3H3/b23-12+,24-21-. The molecule has 1 amide bonds. The molecular weight excluding hydrogens is 393 g/mol. The molecule has 2 aromatic carbocycles. The molecule has 152 valence electrons. The number of ether oxygens (including phenoxy) is 2. The predicted octanol–water partition coefficient (Wildman–Crippen LogP) is 4.09. The number of hydrogen-bond acceptors (Lipinski definition) is 6. The van der Waals surface area contributed by atoms with E-state index in [2.05, 4.69) is 10.2 Å². The van der Waals surface area contributed by atoms with E-state index in [1.54, 1.807) is 49.6 Å². The summed E-state index contributed by atoms with van der Waals surface area (Å²) in [6, 6.07) is 11.5. The minimum absolute atomic E-state index is 0.0159. The van der Waals surface area contributed by atoms with Gasteiger partial charge in [0.1, 0.15) is 17.3 Å². The van der Waals surface area contributed by atoms with Crippen LogP contribution in [-0.4, -0.2) is 41.7 Å². The Labute approximate surface area is 173 Å². The van der Waals surface area contributed by atoms with Crippen LogP contribution in [-0.2, 0) is 11.3 Å². The second-order valence-electron chi connectivity index (χ2n) is 6.30. The minimum atomic E-state index is -0.311. The van der Waals surface area contributed by atoms with E-state index in [0.717, 1.165) is 11.1 Å². The third-order valence-electron chi connectivity index (χ3n) is 4.43. The van der Waals surface area contributed by atoms with Gasteiger partial charge in [0.05, 0.1) is 32.2 Å². The van der Waals surface area contributed by atoms with Crippen molar-refractivity contribution >= 4 is 29.1 Å². The number of nitrogens with zero attached hydrogens (tertiary/aromatic N) is 3. The fourth-order valence-electron chi connectivity index (χ4n) is 2.83. The van der Waals surface area contributed by atoms with Gasteiger partial charge in [-0.3, -0.25) is 9.69 Å². The van der Waals surface area contributed by atoms with Crippen LogP contribution < -0.4 is 9.47 Å². The Balaban J connectivity index is 1.82. The van der Waals surface area contributed by atoms with Crippen molar-refractivity contribution in [3.8, 4) is 11.5 Å². The van der Waals surface area contributed by atoms with Gasteiger partial charge in [0.2, 0.25) is 5.91 Å². The zero-order valence-corrected chi connectivity index (χ0v) is 17.3. The van der Waals surface area contributed by atoms with Crippen LogP contribution in [0.1, 0.15) is 24.5 Å². The van der Waals surface area contributed by atoms with E-state index in [9.17, 15) is 9.18 Å². The highest BCUT2D eigenvalue weighted by Crippen LogP contribution is 2.31. The van der Waals surface area contributed by atoms with Crippen LogP contribution >= 0.6 is 11.8 Å². The first-order chi connectivity index (χ1) is 14.0. The largest absolute Gasteiger partial charge is 0.497 e. The van der Waals surface area contributed by atoms with Crippen molar-refractivity contribution in [1.82, 2.24) is 4.90 Å². The molecule has 1 heterocycles. The Morgan fingerprint density at radius 2 is 1.93 bits per heavy atom. The van der Waals surface area contributed by atoms with Gasteiger partial charge in [-0.15, -0.1) is 5.10 Å². The van der Waals surface area contributed by atoms with E-state index in [4.69, 9.17) is 9.47 Å². The molecule has 0 saturated carbocycles. The normalized spacial score (nSPS) is 18.1. The van der Waals surface area contributed by atoms with Crippen LogP contribution in [0.15, 0.2) is 52.7 Å². The number of benzene rings is 2. The Morgan fingerprint density at radius 3 is 2.59 bits per heavy atom. The van der Waals surface area contributed by atoms with Gasteiger partial charge in [-0.2, -0.15) is 5.10 Å². The van der Waals surface area contributed by atoms with E-state index in [-0.39, 0.29) is 17.0 Å². The Hall–Kier alpha value is -2.87. The molecule has 0 bridgehead atoms. The van der Waals surface area contributed by atoms with Crippen molar-refractivity contribution in [2.75, 3.05) is 14.2 Å². The lowest BCUT2D eigenvalue weighted by atomic mass is 10.2. The van der Waals surface area contributed by atoms with E-state index in [0.29, 0.717) is 29.6 Å². The summed E-state index contributed by atoms with van der Waals surface area (Å²) >= 11 is 1.39. The smallest absolute Gasteiger partial charge is 0.242 e. The van der Waals surface area contributed by atoms with Gasteiger partial charge in [0, 0.05) is 11.6 Å². The average Bonchev–Trinajstić information content (AvgIpc) is 3.04. The van der Waals surface area contributed by atoms with E-state index in [1.807, 2.05) is 13.0 Å². The van der Waals surface area contributed by atoms with Gasteiger partial charge in [0.25, 0.3) is 0 Å². The lowest BCUT2D eigenvalue weighted by Crippen LogP contribution is -2.31. The molecule has 0 aliphatic carbocycles. The van der Waals surface area contributed by atoms with Crippen molar-refractivity contribution in [2.45, 2.75) is 25.1 Å². The summed E-state index contributed by atoms with van der Waals surface area (Å²) in [6.07, 6.45) is 2.27. The number of rotatable bonds is 7. The Kier molecular flexibility index (Phi) is 6.87. The summed E-state index contributed by atoms with van der Waals surface area (Å²) < 4.78 is 23.7. The van der Waals surface area contributed by atoms with E-state index < -0.39 is 0 Å². The number of hydrogen-bond donors (Lipinski definition) is 0. The highest BCUT2D eigenvalue weighted by atomic mass is 32.2. The van der Waals surface area contributed by atoms with Crippen molar-refractivity contribution in [2.24, 2.45) is 10.2 Å². The Morgan fingerprint density at radius 1 is 1.17 bits per heavy atom. The van der Waals surface area contributed by atoms with Gasteiger partial charge in [-0.05, 0) is 36.2 Å². The topological polar surface area (TPSA) is 63.5 Å². The maximum absolute atomic E-state index is 13.2. The fourth-order valence-corrected chi connectivity index (χ4v) is 3.85. The van der Waals surface area contributed by atoms with Gasteiger partial charge in [-0.1, -0.05) is 30.8 Å². The van der Waals surface area contributed by atoms with E-state index >= 15 is 0 Å². The molecule has 6 nitrogen and oxygen atoms in total. The zero-order chi connectivity index (χ0) is 20.8. The molecule has 1 aliphatic heterocycles.